The summed E-state index contributed by atoms with van der Waals surface area (Å²) in [5, 5.41) is 5.64. The highest BCUT2D eigenvalue weighted by Gasteiger charge is 2.35. The molecule has 0 bridgehead atoms. The Kier molecular flexibility index (Phi) is 5.85. The molecule has 1 aromatic rings. The Bertz CT molecular complexity index is 756. The van der Waals surface area contributed by atoms with Gasteiger partial charge in [-0.05, 0) is 17.7 Å². The highest BCUT2D eigenvalue weighted by atomic mass is 16.5. The molecule has 3 N–H and O–H groups in total. The zero-order valence-electron chi connectivity index (χ0n) is 15.9. The van der Waals surface area contributed by atoms with E-state index in [0.29, 0.717) is 29.3 Å². The number of benzene rings is 1. The quantitative estimate of drug-likeness (QED) is 0.616. The lowest BCUT2D eigenvalue weighted by molar-refractivity contribution is -0.882. The summed E-state index contributed by atoms with van der Waals surface area (Å²) in [6.45, 7) is 2.65. The molecule has 0 unspecified atom stereocenters. The lowest BCUT2D eigenvalue weighted by Gasteiger charge is -2.30. The molecule has 27 heavy (non-hydrogen) atoms. The number of hydrogen-bond donors (Lipinski definition) is 3. The zero-order valence-corrected chi connectivity index (χ0v) is 15.9. The average molecular weight is 376 g/mol. The van der Waals surface area contributed by atoms with Gasteiger partial charge in [-0.2, -0.15) is 0 Å². The Balaban J connectivity index is 2.02. The number of ether oxygens (including phenoxy) is 3. The second-order valence-electron chi connectivity index (χ2n) is 6.66. The van der Waals surface area contributed by atoms with Gasteiger partial charge >= 0.3 is 12.0 Å². The largest absolute Gasteiger partial charge is 0.493 e. The first-order chi connectivity index (χ1) is 13.1. The summed E-state index contributed by atoms with van der Waals surface area (Å²) in [4.78, 5) is 26.2. The second-order valence-corrected chi connectivity index (χ2v) is 6.66. The molecule has 0 aromatic heterocycles. The van der Waals surface area contributed by atoms with Crippen molar-refractivity contribution < 1.29 is 28.7 Å². The number of carbonyl (C=O) groups excluding carboxylic acids is 2. The van der Waals surface area contributed by atoms with Gasteiger partial charge in [0.2, 0.25) is 0 Å². The van der Waals surface area contributed by atoms with E-state index in [1.807, 2.05) is 0 Å². The number of likely N-dealkylation sites (tertiary alicyclic amines) is 1. The molecule has 146 valence electrons. The fraction of sp³-hybridized carbons (Fsp3) is 0.474. The third-order valence-electron chi connectivity index (χ3n) is 5.04. The first-order valence-corrected chi connectivity index (χ1v) is 9.01. The Morgan fingerprint density at radius 1 is 1.15 bits per heavy atom. The predicted molar refractivity (Wildman–Crippen MR) is 97.8 cm³/mol. The van der Waals surface area contributed by atoms with Gasteiger partial charge in [0.1, 0.15) is 6.54 Å². The number of quaternary nitrogens is 1. The Hall–Kier alpha value is -2.74. The van der Waals surface area contributed by atoms with Crippen LogP contribution in [0.2, 0.25) is 0 Å². The minimum Gasteiger partial charge on any atom is -0.493 e. The van der Waals surface area contributed by atoms with E-state index < -0.39 is 12.0 Å². The Morgan fingerprint density at radius 3 is 2.48 bits per heavy atom. The SMILES string of the molecule is COC(=O)C1=C(C[NH+]2CCCC2)NC(=O)N[C@H]1c1ccc(OC)c(OC)c1. The summed E-state index contributed by atoms with van der Waals surface area (Å²) in [7, 11) is 4.44. The molecule has 1 aromatic carbocycles. The van der Waals surface area contributed by atoms with Gasteiger partial charge in [-0.3, -0.25) is 0 Å². The van der Waals surface area contributed by atoms with Crippen molar-refractivity contribution in [3.8, 4) is 11.5 Å². The molecule has 1 fully saturated rings. The molecule has 8 heteroatoms. The lowest BCUT2D eigenvalue weighted by Crippen LogP contribution is -3.10. The summed E-state index contributed by atoms with van der Waals surface area (Å²) in [5.74, 6) is 0.640. The molecule has 8 nitrogen and oxygen atoms in total. The maximum absolute atomic E-state index is 12.6. The van der Waals surface area contributed by atoms with Crippen LogP contribution in [0, 0.1) is 0 Å². The molecule has 2 aliphatic heterocycles. The van der Waals surface area contributed by atoms with Gasteiger partial charge in [0, 0.05) is 12.8 Å². The van der Waals surface area contributed by atoms with E-state index in [1.54, 1.807) is 32.4 Å². The molecule has 0 aliphatic carbocycles. The maximum Gasteiger partial charge on any atom is 0.338 e. The van der Waals surface area contributed by atoms with E-state index >= 15 is 0 Å². The van der Waals surface area contributed by atoms with Gasteiger partial charge in [-0.25, -0.2) is 9.59 Å². The van der Waals surface area contributed by atoms with E-state index in [1.165, 1.54) is 12.0 Å². The molecular formula is C19H26N3O5+. The molecule has 1 saturated heterocycles. The first-order valence-electron chi connectivity index (χ1n) is 9.01. The molecule has 0 saturated carbocycles. The summed E-state index contributed by atoms with van der Waals surface area (Å²) in [6.07, 6.45) is 2.31. The van der Waals surface area contributed by atoms with Crippen molar-refractivity contribution in [3.05, 3.63) is 35.0 Å². The van der Waals surface area contributed by atoms with Crippen LogP contribution in [0.5, 0.6) is 11.5 Å². The number of hydrogen-bond acceptors (Lipinski definition) is 5. The molecule has 2 heterocycles. The number of nitrogens with one attached hydrogen (secondary N) is 3. The Morgan fingerprint density at radius 2 is 1.85 bits per heavy atom. The number of amides is 2. The van der Waals surface area contributed by atoms with Crippen LogP contribution >= 0.6 is 0 Å². The van der Waals surface area contributed by atoms with Crippen LogP contribution in [0.1, 0.15) is 24.4 Å². The molecule has 2 amide bonds. The van der Waals surface area contributed by atoms with E-state index in [-0.39, 0.29) is 6.03 Å². The van der Waals surface area contributed by atoms with Crippen molar-refractivity contribution in [2.75, 3.05) is 41.0 Å². The molecule has 2 aliphatic rings. The second kappa shape index (κ2) is 8.30. The first kappa shape index (κ1) is 19.0. The summed E-state index contributed by atoms with van der Waals surface area (Å²) >= 11 is 0. The van der Waals surface area contributed by atoms with Crippen LogP contribution < -0.4 is 25.0 Å². The van der Waals surface area contributed by atoms with Crippen molar-refractivity contribution >= 4 is 12.0 Å². The monoisotopic (exact) mass is 376 g/mol. The fourth-order valence-electron chi connectivity index (χ4n) is 3.69. The summed E-state index contributed by atoms with van der Waals surface area (Å²) in [5.41, 5.74) is 1.75. The number of rotatable bonds is 6. The molecule has 3 rings (SSSR count). The van der Waals surface area contributed by atoms with Crippen molar-refractivity contribution in [2.45, 2.75) is 18.9 Å². The van der Waals surface area contributed by atoms with E-state index in [2.05, 4.69) is 10.6 Å². The van der Waals surface area contributed by atoms with E-state index in [9.17, 15) is 9.59 Å². The topological polar surface area (TPSA) is 90.3 Å². The van der Waals surface area contributed by atoms with E-state index in [0.717, 1.165) is 31.5 Å². The number of carbonyl (C=O) groups is 2. The zero-order chi connectivity index (χ0) is 19.4. The third-order valence-corrected chi connectivity index (χ3v) is 5.04. The maximum atomic E-state index is 12.6. The molecule has 1 atom stereocenters. The highest BCUT2D eigenvalue weighted by Crippen LogP contribution is 2.34. The normalized spacial score (nSPS) is 20.1. The van der Waals surface area contributed by atoms with Gasteiger partial charge in [0.05, 0.1) is 51.7 Å². The van der Waals surface area contributed by atoms with Crippen LogP contribution in [-0.2, 0) is 9.53 Å². The summed E-state index contributed by atoms with van der Waals surface area (Å²) in [6, 6.07) is 4.36. The number of esters is 1. The Labute approximate surface area is 158 Å². The summed E-state index contributed by atoms with van der Waals surface area (Å²) < 4.78 is 15.7. The van der Waals surface area contributed by atoms with Gasteiger partial charge in [0.25, 0.3) is 0 Å². The average Bonchev–Trinajstić information content (AvgIpc) is 3.19. The standard InChI is InChI=1S/C19H25N3O5/c1-25-14-7-6-12(10-15(14)26-2)17-16(18(23)27-3)13(20-19(24)21-17)11-22-8-4-5-9-22/h6-7,10,17H,4-5,8-9,11H2,1-3H3,(H2,20,21,24)/p+1/t17-/m0/s1. The van der Waals surface area contributed by atoms with Gasteiger partial charge in [0.15, 0.2) is 11.5 Å². The van der Waals surface area contributed by atoms with Crippen molar-refractivity contribution in [3.63, 3.8) is 0 Å². The van der Waals surface area contributed by atoms with Crippen molar-refractivity contribution in [2.24, 2.45) is 0 Å². The smallest absolute Gasteiger partial charge is 0.338 e. The number of urea groups is 1. The predicted octanol–water partition coefficient (Wildman–Crippen LogP) is 0.164. The third kappa shape index (κ3) is 4.00. The van der Waals surface area contributed by atoms with Gasteiger partial charge in [-0.15, -0.1) is 0 Å². The van der Waals surface area contributed by atoms with Crippen LogP contribution in [-0.4, -0.2) is 53.0 Å². The highest BCUT2D eigenvalue weighted by molar-refractivity contribution is 5.95. The van der Waals surface area contributed by atoms with E-state index in [4.69, 9.17) is 14.2 Å². The lowest BCUT2D eigenvalue weighted by atomic mass is 9.94. The van der Waals surface area contributed by atoms with Crippen molar-refractivity contribution in [1.29, 1.82) is 0 Å². The minimum atomic E-state index is -0.622. The van der Waals surface area contributed by atoms with Crippen LogP contribution in [0.4, 0.5) is 4.79 Å². The van der Waals surface area contributed by atoms with Crippen LogP contribution in [0.3, 0.4) is 0 Å². The number of methoxy groups -OCH3 is 3. The minimum absolute atomic E-state index is 0.337. The molecule has 0 spiro atoms. The molecule has 0 radical (unpaired) electrons. The van der Waals surface area contributed by atoms with Gasteiger partial charge in [-0.1, -0.05) is 6.07 Å². The van der Waals surface area contributed by atoms with Gasteiger partial charge < -0.3 is 29.7 Å². The van der Waals surface area contributed by atoms with Crippen LogP contribution in [0.15, 0.2) is 29.5 Å². The molecular weight excluding hydrogens is 350 g/mol. The van der Waals surface area contributed by atoms with Crippen LogP contribution in [0.25, 0.3) is 0 Å². The van der Waals surface area contributed by atoms with Crippen molar-refractivity contribution in [1.82, 2.24) is 10.6 Å². The fourth-order valence-corrected chi connectivity index (χ4v) is 3.69.